The van der Waals surface area contributed by atoms with E-state index in [0.717, 1.165) is 31.7 Å². The number of hydrogen-bond donors (Lipinski definition) is 2. The van der Waals surface area contributed by atoms with Crippen LogP contribution in [0.2, 0.25) is 0 Å². The summed E-state index contributed by atoms with van der Waals surface area (Å²) in [6.07, 6.45) is 7.10. The van der Waals surface area contributed by atoms with Gasteiger partial charge in [-0.1, -0.05) is 20.3 Å². The third-order valence-corrected chi connectivity index (χ3v) is 5.32. The molecule has 3 atom stereocenters. The average Bonchev–Trinajstić information content (AvgIpc) is 2.43. The molecule has 3 unspecified atom stereocenters. The van der Waals surface area contributed by atoms with Crippen molar-refractivity contribution in [3.05, 3.63) is 0 Å². The predicted octanol–water partition coefficient (Wildman–Crippen LogP) is 2.71. The van der Waals surface area contributed by atoms with Gasteiger partial charge in [0.1, 0.15) is 0 Å². The van der Waals surface area contributed by atoms with Gasteiger partial charge in [-0.2, -0.15) is 0 Å². The Labute approximate surface area is 117 Å². The van der Waals surface area contributed by atoms with E-state index in [1.54, 1.807) is 0 Å². The lowest BCUT2D eigenvalue weighted by atomic mass is 9.80. The molecule has 2 N–H and O–H groups in total. The summed E-state index contributed by atoms with van der Waals surface area (Å²) in [5.41, 5.74) is 0. The highest BCUT2D eigenvalue weighted by Crippen LogP contribution is 2.31. The molecule has 3 heteroatoms. The number of amides is 1. The lowest BCUT2D eigenvalue weighted by Crippen LogP contribution is -2.57. The summed E-state index contributed by atoms with van der Waals surface area (Å²) < 4.78 is 0. The Balaban J connectivity index is 1.83. The summed E-state index contributed by atoms with van der Waals surface area (Å²) >= 11 is 0. The molecule has 19 heavy (non-hydrogen) atoms. The minimum Gasteiger partial charge on any atom is -0.351 e. The molecule has 1 aliphatic heterocycles. The Bertz CT molecular complexity index is 287. The Kier molecular flexibility index (Phi) is 5.26. The predicted molar refractivity (Wildman–Crippen MR) is 78.9 cm³/mol. The summed E-state index contributed by atoms with van der Waals surface area (Å²) in [6.45, 7) is 7.79. The van der Waals surface area contributed by atoms with Crippen LogP contribution in [0.4, 0.5) is 0 Å². The summed E-state index contributed by atoms with van der Waals surface area (Å²) in [4.78, 5) is 12.4. The smallest absolute Gasteiger partial charge is 0.223 e. The Morgan fingerprint density at radius 3 is 2.42 bits per heavy atom. The monoisotopic (exact) mass is 266 g/mol. The molecule has 0 aromatic carbocycles. The summed E-state index contributed by atoms with van der Waals surface area (Å²) in [7, 11) is 0. The summed E-state index contributed by atoms with van der Waals surface area (Å²) in [5.74, 6) is 2.02. The summed E-state index contributed by atoms with van der Waals surface area (Å²) in [5, 5.41) is 6.79. The van der Waals surface area contributed by atoms with E-state index in [-0.39, 0.29) is 5.92 Å². The first kappa shape index (κ1) is 14.8. The molecular formula is C16H30N2O. The normalized spacial score (nSPS) is 39.8. The molecule has 0 spiro atoms. The molecule has 0 aromatic rings. The first-order valence-corrected chi connectivity index (χ1v) is 8.15. The van der Waals surface area contributed by atoms with Crippen molar-refractivity contribution >= 4 is 5.91 Å². The zero-order valence-electron chi connectivity index (χ0n) is 12.7. The van der Waals surface area contributed by atoms with Crippen molar-refractivity contribution in [2.45, 2.75) is 71.4 Å². The van der Waals surface area contributed by atoms with Crippen LogP contribution in [0, 0.1) is 17.8 Å². The molecule has 1 saturated carbocycles. The number of carbonyl (C=O) groups excluding carboxylic acids is 1. The molecule has 1 heterocycles. The fourth-order valence-electron chi connectivity index (χ4n) is 3.72. The highest BCUT2D eigenvalue weighted by atomic mass is 16.2. The topological polar surface area (TPSA) is 41.1 Å². The van der Waals surface area contributed by atoms with Crippen molar-refractivity contribution in [2.24, 2.45) is 17.8 Å². The maximum Gasteiger partial charge on any atom is 0.223 e. The van der Waals surface area contributed by atoms with E-state index in [9.17, 15) is 4.79 Å². The van der Waals surface area contributed by atoms with Crippen molar-refractivity contribution in [3.63, 3.8) is 0 Å². The lowest BCUT2D eigenvalue weighted by Gasteiger charge is -2.37. The molecule has 2 rings (SSSR count). The molecule has 3 nitrogen and oxygen atoms in total. The highest BCUT2D eigenvalue weighted by molar-refractivity contribution is 5.79. The fourth-order valence-corrected chi connectivity index (χ4v) is 3.72. The second-order valence-corrected chi connectivity index (χ2v) is 6.67. The quantitative estimate of drug-likeness (QED) is 0.824. The average molecular weight is 266 g/mol. The van der Waals surface area contributed by atoms with Crippen LogP contribution in [0.25, 0.3) is 0 Å². The molecule has 0 radical (unpaired) electrons. The van der Waals surface area contributed by atoms with Crippen molar-refractivity contribution in [2.75, 3.05) is 6.54 Å². The van der Waals surface area contributed by atoms with Gasteiger partial charge in [-0.3, -0.25) is 4.79 Å². The van der Waals surface area contributed by atoms with E-state index in [0.29, 0.717) is 23.9 Å². The van der Waals surface area contributed by atoms with Crippen LogP contribution >= 0.6 is 0 Å². The number of hydrogen-bond acceptors (Lipinski definition) is 2. The number of rotatable bonds is 3. The van der Waals surface area contributed by atoms with Gasteiger partial charge in [0, 0.05) is 18.0 Å². The molecule has 1 amide bonds. The van der Waals surface area contributed by atoms with Crippen LogP contribution in [-0.2, 0) is 4.79 Å². The minimum absolute atomic E-state index is 0.268. The van der Waals surface area contributed by atoms with Crippen molar-refractivity contribution in [3.8, 4) is 0 Å². The highest BCUT2D eigenvalue weighted by Gasteiger charge is 2.32. The van der Waals surface area contributed by atoms with Gasteiger partial charge in [0.2, 0.25) is 5.91 Å². The maximum absolute atomic E-state index is 12.4. The molecular weight excluding hydrogens is 236 g/mol. The molecule has 2 aliphatic rings. The Hall–Kier alpha value is -0.570. The van der Waals surface area contributed by atoms with Crippen LogP contribution in [0.15, 0.2) is 0 Å². The summed E-state index contributed by atoms with van der Waals surface area (Å²) in [6, 6.07) is 0.713. The standard InChI is InChI=1S/C16H30N2O/c1-4-13-5-7-14(8-6-13)16(19)18-15-11(2)9-10-17-12(15)3/h11-15,17H,4-10H2,1-3H3,(H,18,19). The largest absolute Gasteiger partial charge is 0.351 e. The molecule has 110 valence electrons. The fraction of sp³-hybridized carbons (Fsp3) is 0.938. The molecule has 2 fully saturated rings. The lowest BCUT2D eigenvalue weighted by molar-refractivity contribution is -0.127. The van der Waals surface area contributed by atoms with Crippen molar-refractivity contribution in [1.29, 1.82) is 0 Å². The molecule has 0 aromatic heterocycles. The first-order valence-electron chi connectivity index (χ1n) is 8.15. The second-order valence-electron chi connectivity index (χ2n) is 6.67. The van der Waals surface area contributed by atoms with Gasteiger partial charge in [0.15, 0.2) is 0 Å². The first-order chi connectivity index (χ1) is 9.11. The Morgan fingerprint density at radius 1 is 1.16 bits per heavy atom. The van der Waals surface area contributed by atoms with Gasteiger partial charge in [0.25, 0.3) is 0 Å². The van der Waals surface area contributed by atoms with E-state index < -0.39 is 0 Å². The maximum atomic E-state index is 12.4. The molecule has 0 bridgehead atoms. The number of carbonyl (C=O) groups is 1. The Morgan fingerprint density at radius 2 is 1.84 bits per heavy atom. The van der Waals surface area contributed by atoms with E-state index in [4.69, 9.17) is 0 Å². The van der Waals surface area contributed by atoms with Crippen LogP contribution in [0.5, 0.6) is 0 Å². The van der Waals surface area contributed by atoms with Crippen LogP contribution in [0.1, 0.15) is 59.3 Å². The SMILES string of the molecule is CCC1CCC(C(=O)NC2C(C)CCNC2C)CC1. The van der Waals surface area contributed by atoms with Crippen LogP contribution < -0.4 is 10.6 Å². The number of piperidine rings is 1. The van der Waals surface area contributed by atoms with Gasteiger partial charge in [0.05, 0.1) is 0 Å². The van der Waals surface area contributed by atoms with Gasteiger partial charge < -0.3 is 10.6 Å². The van der Waals surface area contributed by atoms with Crippen LogP contribution in [0.3, 0.4) is 0 Å². The third kappa shape index (κ3) is 3.71. The second kappa shape index (κ2) is 6.74. The van der Waals surface area contributed by atoms with Crippen molar-refractivity contribution in [1.82, 2.24) is 10.6 Å². The van der Waals surface area contributed by atoms with E-state index in [1.165, 1.54) is 19.3 Å². The van der Waals surface area contributed by atoms with E-state index >= 15 is 0 Å². The molecule has 1 saturated heterocycles. The zero-order valence-corrected chi connectivity index (χ0v) is 12.7. The van der Waals surface area contributed by atoms with Crippen LogP contribution in [-0.4, -0.2) is 24.5 Å². The zero-order chi connectivity index (χ0) is 13.8. The van der Waals surface area contributed by atoms with Crippen molar-refractivity contribution < 1.29 is 4.79 Å². The van der Waals surface area contributed by atoms with Gasteiger partial charge in [-0.25, -0.2) is 0 Å². The minimum atomic E-state index is 0.268. The van der Waals surface area contributed by atoms with Gasteiger partial charge in [-0.05, 0) is 57.4 Å². The van der Waals surface area contributed by atoms with Gasteiger partial charge >= 0.3 is 0 Å². The molecule has 1 aliphatic carbocycles. The third-order valence-electron chi connectivity index (χ3n) is 5.32. The van der Waals surface area contributed by atoms with E-state index in [2.05, 4.69) is 31.4 Å². The number of nitrogens with one attached hydrogen (secondary N) is 2. The van der Waals surface area contributed by atoms with E-state index in [1.807, 2.05) is 0 Å². The van der Waals surface area contributed by atoms with Gasteiger partial charge in [-0.15, -0.1) is 0 Å².